The first-order chi connectivity index (χ1) is 12.5. The molecule has 2 aromatic rings. The molecule has 6 nitrogen and oxygen atoms in total. The van der Waals surface area contributed by atoms with E-state index in [-0.39, 0.29) is 22.1 Å². The maximum absolute atomic E-state index is 11.3. The quantitative estimate of drug-likeness (QED) is 0.621. The third-order valence-electron chi connectivity index (χ3n) is 4.93. The molecule has 0 bridgehead atoms. The van der Waals surface area contributed by atoms with E-state index in [0.29, 0.717) is 17.0 Å². The van der Waals surface area contributed by atoms with Gasteiger partial charge in [0.05, 0.1) is 4.92 Å². The molecule has 26 heavy (non-hydrogen) atoms. The molecule has 1 heterocycles. The van der Waals surface area contributed by atoms with Crippen LogP contribution in [0, 0.1) is 27.4 Å². The first-order valence-electron chi connectivity index (χ1n) is 8.61. The fraction of sp³-hybridized carbons (Fsp3) is 0.368. The molecule has 1 atom stereocenters. The molecule has 0 saturated heterocycles. The Balaban J connectivity index is 2.24. The van der Waals surface area contributed by atoms with E-state index in [1.54, 1.807) is 6.07 Å². The molecular formula is C19H19ClN4O2. The summed E-state index contributed by atoms with van der Waals surface area (Å²) in [5, 5.41) is 21.0. The molecule has 0 saturated carbocycles. The van der Waals surface area contributed by atoms with Crippen molar-refractivity contribution in [2.45, 2.75) is 39.0 Å². The maximum atomic E-state index is 11.3. The van der Waals surface area contributed by atoms with Gasteiger partial charge in [-0.1, -0.05) is 37.4 Å². The fourth-order valence-electron chi connectivity index (χ4n) is 3.74. The Morgan fingerprint density at radius 1 is 1.50 bits per heavy atom. The summed E-state index contributed by atoms with van der Waals surface area (Å²) in [5.74, 6) is 0.693. The monoisotopic (exact) mass is 370 g/mol. The molecule has 1 aromatic heterocycles. The van der Waals surface area contributed by atoms with Gasteiger partial charge in [-0.2, -0.15) is 5.26 Å². The van der Waals surface area contributed by atoms with Gasteiger partial charge >= 0.3 is 0 Å². The van der Waals surface area contributed by atoms with Crippen molar-refractivity contribution in [3.05, 3.63) is 50.2 Å². The van der Waals surface area contributed by atoms with Crippen LogP contribution in [0.15, 0.2) is 18.2 Å². The van der Waals surface area contributed by atoms with Gasteiger partial charge in [0.2, 0.25) is 0 Å². The number of hydrogen-bond acceptors (Lipinski definition) is 5. The summed E-state index contributed by atoms with van der Waals surface area (Å²) >= 11 is 5.95. The van der Waals surface area contributed by atoms with Crippen molar-refractivity contribution in [3.8, 4) is 17.2 Å². The van der Waals surface area contributed by atoms with Gasteiger partial charge in [-0.05, 0) is 42.4 Å². The number of benzene rings is 1. The number of nitriles is 1. The summed E-state index contributed by atoms with van der Waals surface area (Å²) in [6.45, 7) is 2.15. The van der Waals surface area contributed by atoms with Gasteiger partial charge in [-0.25, -0.2) is 4.98 Å². The van der Waals surface area contributed by atoms with Crippen molar-refractivity contribution in [2.75, 3.05) is 5.73 Å². The van der Waals surface area contributed by atoms with Gasteiger partial charge in [0, 0.05) is 17.3 Å². The summed E-state index contributed by atoms with van der Waals surface area (Å²) < 4.78 is 0. The van der Waals surface area contributed by atoms with Crippen LogP contribution in [0.1, 0.15) is 43.0 Å². The van der Waals surface area contributed by atoms with Crippen molar-refractivity contribution in [1.29, 1.82) is 5.26 Å². The van der Waals surface area contributed by atoms with E-state index in [0.717, 1.165) is 43.4 Å². The van der Waals surface area contributed by atoms with E-state index >= 15 is 0 Å². The Kier molecular flexibility index (Phi) is 5.10. The normalized spacial score (nSPS) is 16.0. The number of nitrogens with zero attached hydrogens (tertiary/aromatic N) is 3. The number of aromatic nitrogens is 1. The topological polar surface area (TPSA) is 106 Å². The Morgan fingerprint density at radius 3 is 2.92 bits per heavy atom. The van der Waals surface area contributed by atoms with E-state index in [1.165, 1.54) is 12.1 Å². The lowest BCUT2D eigenvalue weighted by Crippen LogP contribution is -2.18. The van der Waals surface area contributed by atoms with E-state index in [4.69, 9.17) is 17.3 Å². The number of nitrogens with two attached hydrogens (primary N) is 1. The molecule has 0 amide bonds. The average molecular weight is 371 g/mol. The first kappa shape index (κ1) is 18.2. The number of nitro benzene ring substituents is 1. The van der Waals surface area contributed by atoms with Crippen LogP contribution >= 0.6 is 11.6 Å². The zero-order valence-corrected chi connectivity index (χ0v) is 15.2. The third-order valence-corrected chi connectivity index (χ3v) is 5.25. The summed E-state index contributed by atoms with van der Waals surface area (Å²) in [6.07, 6.45) is 4.84. The lowest BCUT2D eigenvalue weighted by atomic mass is 9.79. The molecule has 1 aliphatic carbocycles. The van der Waals surface area contributed by atoms with Gasteiger partial charge in [0.1, 0.15) is 22.5 Å². The molecule has 0 radical (unpaired) electrons. The second-order valence-electron chi connectivity index (χ2n) is 6.60. The Bertz CT molecular complexity index is 921. The number of anilines is 1. The molecule has 7 heteroatoms. The second-order valence-corrected chi connectivity index (χ2v) is 7.01. The Morgan fingerprint density at radius 2 is 2.27 bits per heavy atom. The highest BCUT2D eigenvalue weighted by Crippen LogP contribution is 2.40. The van der Waals surface area contributed by atoms with Crippen LogP contribution in [0.5, 0.6) is 0 Å². The van der Waals surface area contributed by atoms with Gasteiger partial charge in [-0.15, -0.1) is 0 Å². The summed E-state index contributed by atoms with van der Waals surface area (Å²) in [6, 6.07) is 6.75. The van der Waals surface area contributed by atoms with Crippen molar-refractivity contribution in [1.82, 2.24) is 4.98 Å². The highest BCUT2D eigenvalue weighted by atomic mass is 35.5. The van der Waals surface area contributed by atoms with Crippen LogP contribution in [0.4, 0.5) is 11.5 Å². The zero-order valence-electron chi connectivity index (χ0n) is 14.5. The van der Waals surface area contributed by atoms with E-state index in [9.17, 15) is 15.4 Å². The van der Waals surface area contributed by atoms with Gasteiger partial charge < -0.3 is 5.73 Å². The first-order valence-corrected chi connectivity index (χ1v) is 8.99. The summed E-state index contributed by atoms with van der Waals surface area (Å²) in [5.41, 5.74) is 9.23. The summed E-state index contributed by atoms with van der Waals surface area (Å²) in [4.78, 5) is 15.2. The smallest absolute Gasteiger partial charge is 0.288 e. The van der Waals surface area contributed by atoms with Crippen molar-refractivity contribution >= 4 is 23.1 Å². The highest BCUT2D eigenvalue weighted by molar-refractivity contribution is 6.32. The van der Waals surface area contributed by atoms with Crippen molar-refractivity contribution in [3.63, 3.8) is 0 Å². The minimum Gasteiger partial charge on any atom is -0.383 e. The SMILES string of the molecule is CCCC1CCc2nc(N)c(C#N)c(-c3ccc(Cl)c([N+](=O)[O-])c3)c2C1. The van der Waals surface area contributed by atoms with E-state index in [1.807, 2.05) is 0 Å². The van der Waals surface area contributed by atoms with Crippen LogP contribution < -0.4 is 5.73 Å². The number of aryl methyl sites for hydroxylation is 1. The molecule has 2 N–H and O–H groups in total. The van der Waals surface area contributed by atoms with E-state index in [2.05, 4.69) is 18.0 Å². The van der Waals surface area contributed by atoms with Gasteiger partial charge in [0.25, 0.3) is 5.69 Å². The number of halogens is 1. The maximum Gasteiger partial charge on any atom is 0.288 e. The zero-order chi connectivity index (χ0) is 18.8. The number of fused-ring (bicyclic) bond motifs is 1. The summed E-state index contributed by atoms with van der Waals surface area (Å²) in [7, 11) is 0. The molecule has 0 spiro atoms. The predicted molar refractivity (Wildman–Crippen MR) is 101 cm³/mol. The molecule has 134 valence electrons. The lowest BCUT2D eigenvalue weighted by Gasteiger charge is -2.27. The largest absolute Gasteiger partial charge is 0.383 e. The molecule has 0 fully saturated rings. The van der Waals surface area contributed by atoms with Crippen LogP contribution in [-0.4, -0.2) is 9.91 Å². The van der Waals surface area contributed by atoms with Crippen LogP contribution in [-0.2, 0) is 12.8 Å². The Labute approximate surface area is 156 Å². The molecule has 1 unspecified atom stereocenters. The lowest BCUT2D eigenvalue weighted by molar-refractivity contribution is -0.384. The molecule has 1 aromatic carbocycles. The van der Waals surface area contributed by atoms with Crippen LogP contribution in [0.2, 0.25) is 5.02 Å². The number of pyridine rings is 1. The fourth-order valence-corrected chi connectivity index (χ4v) is 3.93. The minimum atomic E-state index is -0.519. The van der Waals surface area contributed by atoms with E-state index < -0.39 is 4.92 Å². The van der Waals surface area contributed by atoms with Gasteiger partial charge in [-0.3, -0.25) is 10.1 Å². The second kappa shape index (κ2) is 7.30. The minimum absolute atomic E-state index is 0.0667. The van der Waals surface area contributed by atoms with Crippen LogP contribution in [0.25, 0.3) is 11.1 Å². The molecule has 3 rings (SSSR count). The van der Waals surface area contributed by atoms with Crippen molar-refractivity contribution in [2.24, 2.45) is 5.92 Å². The number of hydrogen-bond donors (Lipinski definition) is 1. The van der Waals surface area contributed by atoms with Gasteiger partial charge in [0.15, 0.2) is 0 Å². The average Bonchev–Trinajstić information content (AvgIpc) is 2.61. The highest BCUT2D eigenvalue weighted by Gasteiger charge is 2.27. The van der Waals surface area contributed by atoms with Crippen molar-refractivity contribution < 1.29 is 4.92 Å². The molecular weight excluding hydrogens is 352 g/mol. The number of rotatable bonds is 4. The third kappa shape index (κ3) is 3.23. The number of nitro groups is 1. The van der Waals surface area contributed by atoms with Crippen LogP contribution in [0.3, 0.4) is 0 Å². The Hall–Kier alpha value is -2.65. The molecule has 0 aliphatic heterocycles. The standard InChI is InChI=1S/C19H19ClN4O2/c1-2-3-11-4-7-16-13(8-11)18(14(10-21)19(22)23-16)12-5-6-15(20)17(9-12)24(25)26/h5-6,9,11H,2-4,7-8H2,1H3,(H2,22,23). The molecule has 1 aliphatic rings. The predicted octanol–water partition coefficient (Wildman–Crippen LogP) is 4.67. The number of nitrogen functional groups attached to an aromatic ring is 1.